The van der Waals surface area contributed by atoms with Gasteiger partial charge in [0.05, 0.1) is 5.69 Å². The molecule has 0 saturated heterocycles. The van der Waals surface area contributed by atoms with Gasteiger partial charge in [0.25, 0.3) is 5.91 Å². The molecule has 144 valence electrons. The van der Waals surface area contributed by atoms with Gasteiger partial charge in [0, 0.05) is 39.7 Å². The lowest BCUT2D eigenvalue weighted by Crippen LogP contribution is -2.55. The summed E-state index contributed by atoms with van der Waals surface area (Å²) in [6, 6.07) is 14.6. The zero-order valence-corrected chi connectivity index (χ0v) is 17.8. The maximum absolute atomic E-state index is 13.9. The average Bonchev–Trinajstić information content (AvgIpc) is 3.17. The normalized spacial score (nSPS) is 21.0. The number of hydrogen-bond acceptors (Lipinski definition) is 2. The van der Waals surface area contributed by atoms with E-state index in [2.05, 4.69) is 70.4 Å². The molecule has 2 N–H and O–H groups in total. The van der Waals surface area contributed by atoms with Crippen molar-refractivity contribution in [2.45, 2.75) is 32.2 Å². The second-order valence-electron chi connectivity index (χ2n) is 8.25. The van der Waals surface area contributed by atoms with Gasteiger partial charge in [-0.15, -0.1) is 0 Å². The number of anilines is 1. The van der Waals surface area contributed by atoms with Gasteiger partial charge in [-0.3, -0.25) is 10.1 Å². The van der Waals surface area contributed by atoms with Crippen molar-refractivity contribution in [3.63, 3.8) is 0 Å². The van der Waals surface area contributed by atoms with Crippen molar-refractivity contribution in [3.05, 3.63) is 63.8 Å². The Labute approximate surface area is 173 Å². The van der Waals surface area contributed by atoms with E-state index in [1.54, 1.807) is 0 Å². The fourth-order valence-electron chi connectivity index (χ4n) is 4.74. The van der Waals surface area contributed by atoms with Crippen LogP contribution in [0.25, 0.3) is 10.9 Å². The standard InChI is InChI=1S/C23H24BrN3O/c1-14(2)10-12-27-20-8-7-15(24)13-18(20)23(22(27)28)21-17(9-11-25-23)16-5-3-4-6-19(16)26-21/h3-8,13-14,25-26H,9-12H2,1-2H3/t23-/m1/s1. The van der Waals surface area contributed by atoms with Crippen LogP contribution in [-0.4, -0.2) is 24.0 Å². The number of hydrogen-bond donors (Lipinski definition) is 2. The Balaban J connectivity index is 1.74. The van der Waals surface area contributed by atoms with E-state index < -0.39 is 5.54 Å². The molecule has 3 aromatic rings. The van der Waals surface area contributed by atoms with Crippen molar-refractivity contribution in [1.29, 1.82) is 0 Å². The molecule has 28 heavy (non-hydrogen) atoms. The number of nitrogens with zero attached hydrogens (tertiary/aromatic N) is 1. The largest absolute Gasteiger partial charge is 0.356 e. The van der Waals surface area contributed by atoms with Gasteiger partial charge in [-0.05, 0) is 48.6 Å². The average molecular weight is 438 g/mol. The number of rotatable bonds is 3. The van der Waals surface area contributed by atoms with Crippen molar-refractivity contribution in [3.8, 4) is 0 Å². The Morgan fingerprint density at radius 1 is 1.21 bits per heavy atom. The molecule has 0 fully saturated rings. The molecule has 0 saturated carbocycles. The number of aromatic nitrogens is 1. The van der Waals surface area contributed by atoms with Crippen molar-refractivity contribution < 1.29 is 4.79 Å². The summed E-state index contributed by atoms with van der Waals surface area (Å²) in [5, 5.41) is 4.84. The van der Waals surface area contributed by atoms with Gasteiger partial charge in [-0.2, -0.15) is 0 Å². The minimum atomic E-state index is -0.831. The lowest BCUT2D eigenvalue weighted by atomic mass is 9.82. The summed E-state index contributed by atoms with van der Waals surface area (Å²) in [5.74, 6) is 0.681. The van der Waals surface area contributed by atoms with Crippen molar-refractivity contribution >= 4 is 38.4 Å². The molecule has 1 spiro atoms. The Morgan fingerprint density at radius 3 is 2.86 bits per heavy atom. The summed E-state index contributed by atoms with van der Waals surface area (Å²) in [5.41, 5.74) is 4.61. The third-order valence-corrected chi connectivity index (χ3v) is 6.60. The molecule has 1 aromatic heterocycles. The fourth-order valence-corrected chi connectivity index (χ4v) is 5.10. The van der Waals surface area contributed by atoms with E-state index in [1.165, 1.54) is 10.9 Å². The van der Waals surface area contributed by atoms with Gasteiger partial charge >= 0.3 is 0 Å². The second-order valence-corrected chi connectivity index (χ2v) is 9.17. The molecule has 0 unspecified atom stereocenters. The molecule has 0 aliphatic carbocycles. The summed E-state index contributed by atoms with van der Waals surface area (Å²) < 4.78 is 0.995. The van der Waals surface area contributed by atoms with Crippen LogP contribution in [0.2, 0.25) is 0 Å². The summed E-state index contributed by atoms with van der Waals surface area (Å²) >= 11 is 3.62. The summed E-state index contributed by atoms with van der Waals surface area (Å²) in [6.07, 6.45) is 1.90. The molecule has 4 nitrogen and oxygen atoms in total. The molecule has 3 heterocycles. The van der Waals surface area contributed by atoms with Crippen LogP contribution in [0, 0.1) is 5.92 Å². The van der Waals surface area contributed by atoms with Gasteiger partial charge in [-0.25, -0.2) is 0 Å². The van der Waals surface area contributed by atoms with Crippen molar-refractivity contribution in [1.82, 2.24) is 10.3 Å². The zero-order valence-electron chi connectivity index (χ0n) is 16.2. The predicted octanol–water partition coefficient (Wildman–Crippen LogP) is 4.71. The Morgan fingerprint density at radius 2 is 2.04 bits per heavy atom. The molecule has 0 radical (unpaired) electrons. The van der Waals surface area contributed by atoms with Crippen LogP contribution in [0.4, 0.5) is 5.69 Å². The van der Waals surface area contributed by atoms with Crippen LogP contribution in [0.1, 0.15) is 37.1 Å². The first kappa shape index (κ1) is 18.0. The Hall–Kier alpha value is -2.11. The SMILES string of the molecule is CC(C)CCN1C(=O)[C@@]2(NCCc3c2[nH]c2ccccc32)c2cc(Br)ccc21. The van der Waals surface area contributed by atoms with Crippen LogP contribution >= 0.6 is 15.9 Å². The number of H-pyrrole nitrogens is 1. The first-order valence-electron chi connectivity index (χ1n) is 9.99. The minimum absolute atomic E-state index is 0.133. The first-order valence-corrected chi connectivity index (χ1v) is 10.8. The molecule has 1 atom stereocenters. The smallest absolute Gasteiger partial charge is 0.258 e. The highest BCUT2D eigenvalue weighted by atomic mass is 79.9. The number of nitrogens with one attached hydrogen (secondary N) is 2. The third-order valence-electron chi connectivity index (χ3n) is 6.10. The highest BCUT2D eigenvalue weighted by Crippen LogP contribution is 2.48. The third kappa shape index (κ3) is 2.42. The quantitative estimate of drug-likeness (QED) is 0.622. The molecule has 1 amide bonds. The maximum atomic E-state index is 13.9. The summed E-state index contributed by atoms with van der Waals surface area (Å²) in [6.45, 7) is 5.93. The second kappa shape index (κ2) is 6.46. The van der Waals surface area contributed by atoms with Gasteiger partial charge in [0.1, 0.15) is 0 Å². The molecule has 2 aromatic carbocycles. The van der Waals surface area contributed by atoms with Crippen molar-refractivity contribution in [2.24, 2.45) is 5.92 Å². The molecule has 5 heteroatoms. The highest BCUT2D eigenvalue weighted by molar-refractivity contribution is 9.10. The van der Waals surface area contributed by atoms with Gasteiger partial charge < -0.3 is 9.88 Å². The number of amides is 1. The van der Waals surface area contributed by atoms with Gasteiger partial charge in [-0.1, -0.05) is 48.0 Å². The van der Waals surface area contributed by atoms with Crippen LogP contribution < -0.4 is 10.2 Å². The van der Waals surface area contributed by atoms with Gasteiger partial charge in [0.2, 0.25) is 0 Å². The molecular weight excluding hydrogens is 414 g/mol. The number of fused-ring (bicyclic) bond motifs is 6. The first-order chi connectivity index (χ1) is 13.5. The highest BCUT2D eigenvalue weighted by Gasteiger charge is 2.55. The monoisotopic (exact) mass is 437 g/mol. The van der Waals surface area contributed by atoms with E-state index in [9.17, 15) is 4.79 Å². The Kier molecular flexibility index (Phi) is 4.14. The number of benzene rings is 2. The summed E-state index contributed by atoms with van der Waals surface area (Å²) in [4.78, 5) is 19.5. The Bertz CT molecular complexity index is 1090. The number of aromatic amines is 1. The number of carbonyl (C=O) groups is 1. The molecule has 0 bridgehead atoms. The summed E-state index contributed by atoms with van der Waals surface area (Å²) in [7, 11) is 0. The fraction of sp³-hybridized carbons (Fsp3) is 0.348. The van der Waals surface area contributed by atoms with Crippen LogP contribution in [0.5, 0.6) is 0 Å². The van der Waals surface area contributed by atoms with E-state index in [-0.39, 0.29) is 5.91 Å². The van der Waals surface area contributed by atoms with Crippen LogP contribution in [0.15, 0.2) is 46.9 Å². The lowest BCUT2D eigenvalue weighted by molar-refractivity contribution is -0.123. The van der Waals surface area contributed by atoms with E-state index in [0.717, 1.165) is 52.9 Å². The molecule has 2 aliphatic heterocycles. The van der Waals surface area contributed by atoms with E-state index in [1.807, 2.05) is 17.0 Å². The molecule has 5 rings (SSSR count). The molecule has 2 aliphatic rings. The van der Waals surface area contributed by atoms with Crippen molar-refractivity contribution in [2.75, 3.05) is 18.0 Å². The van der Waals surface area contributed by atoms with E-state index >= 15 is 0 Å². The van der Waals surface area contributed by atoms with E-state index in [4.69, 9.17) is 0 Å². The zero-order chi connectivity index (χ0) is 19.5. The van der Waals surface area contributed by atoms with Crippen LogP contribution in [-0.2, 0) is 16.8 Å². The molecular formula is C23H24BrN3O. The maximum Gasteiger partial charge on any atom is 0.258 e. The number of halogens is 1. The van der Waals surface area contributed by atoms with Crippen LogP contribution in [0.3, 0.4) is 0 Å². The van der Waals surface area contributed by atoms with E-state index in [0.29, 0.717) is 5.92 Å². The number of para-hydroxylation sites is 1. The number of carbonyl (C=O) groups excluding carboxylic acids is 1. The minimum Gasteiger partial charge on any atom is -0.356 e. The topological polar surface area (TPSA) is 48.1 Å². The lowest BCUT2D eigenvalue weighted by Gasteiger charge is -2.34. The predicted molar refractivity (Wildman–Crippen MR) is 117 cm³/mol. The van der Waals surface area contributed by atoms with Gasteiger partial charge in [0.15, 0.2) is 5.54 Å².